The highest BCUT2D eigenvalue weighted by Crippen LogP contribution is 2.18. The molecule has 0 aromatic carbocycles. The van der Waals surface area contributed by atoms with Crippen molar-refractivity contribution in [3.8, 4) is 0 Å². The van der Waals surface area contributed by atoms with Crippen molar-refractivity contribution in [3.63, 3.8) is 0 Å². The van der Waals surface area contributed by atoms with Gasteiger partial charge in [-0.3, -0.25) is 9.59 Å². The molecule has 0 spiro atoms. The Bertz CT molecular complexity index is 1360. The standard InChI is InChI=1S/C75H141NO5/c1-3-5-7-9-11-13-15-17-19-21-23-29-32-35-39-43-47-51-55-59-63-67-73(78)72(71-77)76-74(79)68-64-60-56-52-48-44-40-36-33-30-27-25-24-26-28-31-34-38-42-46-50-54-58-62-66-70-81-75(80)69-65-61-57-53-49-45-41-37-22-20-18-16-14-12-10-8-6-4-2/h14,16,20,22,25-28,72-73,77-78H,3-13,15,17-19,21,23-24,29-71H2,1-2H3,(H,76,79)/b16-14-,22-20-,27-25-,28-26-. The largest absolute Gasteiger partial charge is 0.466 e. The normalized spacial score (nSPS) is 12.8. The maximum absolute atomic E-state index is 12.5. The lowest BCUT2D eigenvalue weighted by atomic mass is 10.0. The fourth-order valence-corrected chi connectivity index (χ4v) is 11.3. The molecule has 81 heavy (non-hydrogen) atoms. The van der Waals surface area contributed by atoms with Crippen LogP contribution in [-0.2, 0) is 14.3 Å². The zero-order valence-corrected chi connectivity index (χ0v) is 54.5. The molecular weight excluding hydrogens is 995 g/mol. The van der Waals surface area contributed by atoms with Crippen molar-refractivity contribution in [2.24, 2.45) is 0 Å². The summed E-state index contributed by atoms with van der Waals surface area (Å²) in [6.45, 7) is 4.96. The second-order valence-electron chi connectivity index (χ2n) is 24.9. The van der Waals surface area contributed by atoms with E-state index in [9.17, 15) is 19.8 Å². The van der Waals surface area contributed by atoms with Crippen LogP contribution in [-0.4, -0.2) is 47.4 Å². The summed E-state index contributed by atoms with van der Waals surface area (Å²) in [7, 11) is 0. The number of amides is 1. The van der Waals surface area contributed by atoms with E-state index >= 15 is 0 Å². The van der Waals surface area contributed by atoms with Crippen molar-refractivity contribution in [2.45, 2.75) is 405 Å². The molecule has 2 atom stereocenters. The molecule has 6 heteroatoms. The lowest BCUT2D eigenvalue weighted by Gasteiger charge is -2.22. The van der Waals surface area contributed by atoms with Crippen LogP contribution in [0.2, 0.25) is 0 Å². The lowest BCUT2D eigenvalue weighted by molar-refractivity contribution is -0.143. The van der Waals surface area contributed by atoms with E-state index in [1.54, 1.807) is 0 Å². The van der Waals surface area contributed by atoms with Crippen molar-refractivity contribution in [2.75, 3.05) is 13.2 Å². The van der Waals surface area contributed by atoms with Gasteiger partial charge < -0.3 is 20.3 Å². The number of ether oxygens (including phenoxy) is 1. The Morgan fingerprint density at radius 2 is 0.617 bits per heavy atom. The van der Waals surface area contributed by atoms with Crippen molar-refractivity contribution >= 4 is 11.9 Å². The van der Waals surface area contributed by atoms with Gasteiger partial charge in [-0.05, 0) is 89.9 Å². The summed E-state index contributed by atoms with van der Waals surface area (Å²) < 4.78 is 5.50. The molecule has 0 heterocycles. The highest BCUT2D eigenvalue weighted by Gasteiger charge is 2.20. The summed E-state index contributed by atoms with van der Waals surface area (Å²) in [6.07, 6.45) is 91.6. The fraction of sp³-hybridized carbons (Fsp3) is 0.867. The Balaban J connectivity index is 3.43. The molecule has 0 aliphatic carbocycles. The van der Waals surface area contributed by atoms with Gasteiger partial charge in [-0.25, -0.2) is 0 Å². The summed E-state index contributed by atoms with van der Waals surface area (Å²) >= 11 is 0. The van der Waals surface area contributed by atoms with Gasteiger partial charge in [-0.15, -0.1) is 0 Å². The average molecular weight is 1140 g/mol. The molecular formula is C75H141NO5. The highest BCUT2D eigenvalue weighted by molar-refractivity contribution is 5.76. The maximum Gasteiger partial charge on any atom is 0.305 e. The third-order valence-corrected chi connectivity index (χ3v) is 16.9. The summed E-state index contributed by atoms with van der Waals surface area (Å²) in [5.74, 6) is -0.0356. The first-order valence-corrected chi connectivity index (χ1v) is 36.4. The van der Waals surface area contributed by atoms with E-state index in [-0.39, 0.29) is 18.5 Å². The van der Waals surface area contributed by atoms with Gasteiger partial charge >= 0.3 is 5.97 Å². The number of esters is 1. The Labute approximate surface area is 506 Å². The first-order chi connectivity index (χ1) is 40.0. The summed E-state index contributed by atoms with van der Waals surface area (Å²) in [4.78, 5) is 24.6. The van der Waals surface area contributed by atoms with E-state index in [1.807, 2.05) is 0 Å². The molecule has 1 amide bonds. The Hall–Kier alpha value is -2.18. The first kappa shape index (κ1) is 78.8. The number of rotatable bonds is 68. The predicted octanol–water partition coefficient (Wildman–Crippen LogP) is 23.6. The van der Waals surface area contributed by atoms with Crippen LogP contribution in [0, 0.1) is 0 Å². The molecule has 6 nitrogen and oxygen atoms in total. The van der Waals surface area contributed by atoms with Crippen molar-refractivity contribution in [3.05, 3.63) is 48.6 Å². The Morgan fingerprint density at radius 1 is 0.346 bits per heavy atom. The van der Waals surface area contributed by atoms with Gasteiger partial charge in [0.25, 0.3) is 0 Å². The number of carbonyl (C=O) groups is 2. The highest BCUT2D eigenvalue weighted by atomic mass is 16.5. The quantitative estimate of drug-likeness (QED) is 0.0320. The number of aliphatic hydroxyl groups excluding tert-OH is 2. The SMILES string of the molecule is CCCCCC/C=C\C/C=C\CCCCCCCCCC(=O)OCCCCCCCCCCC/C=C\C/C=C\CCCCCCCCCCCC(=O)NC(CO)C(O)CCCCCCCCCCCCCCCCCCCCCCC. The average Bonchev–Trinajstić information content (AvgIpc) is 3.47. The topological polar surface area (TPSA) is 95.9 Å². The van der Waals surface area contributed by atoms with Gasteiger partial charge in [-0.1, -0.05) is 339 Å². The predicted molar refractivity (Wildman–Crippen MR) is 356 cm³/mol. The third-order valence-electron chi connectivity index (χ3n) is 16.9. The van der Waals surface area contributed by atoms with Gasteiger partial charge in [-0.2, -0.15) is 0 Å². The van der Waals surface area contributed by atoms with Crippen LogP contribution >= 0.6 is 0 Å². The molecule has 0 aromatic heterocycles. The summed E-state index contributed by atoms with van der Waals surface area (Å²) in [5, 5.41) is 23.4. The van der Waals surface area contributed by atoms with E-state index in [2.05, 4.69) is 67.8 Å². The number of hydrogen-bond donors (Lipinski definition) is 3. The van der Waals surface area contributed by atoms with Crippen LogP contribution in [0.3, 0.4) is 0 Å². The van der Waals surface area contributed by atoms with E-state index in [4.69, 9.17) is 4.74 Å². The van der Waals surface area contributed by atoms with Gasteiger partial charge in [0.1, 0.15) is 0 Å². The minimum atomic E-state index is -0.670. The maximum atomic E-state index is 12.5. The van der Waals surface area contributed by atoms with Crippen molar-refractivity contribution < 1.29 is 24.5 Å². The lowest BCUT2D eigenvalue weighted by Crippen LogP contribution is -2.45. The number of carbonyl (C=O) groups excluding carboxylic acids is 2. The number of hydrogen-bond acceptors (Lipinski definition) is 5. The zero-order valence-electron chi connectivity index (χ0n) is 54.5. The van der Waals surface area contributed by atoms with Crippen LogP contribution in [0.5, 0.6) is 0 Å². The summed E-state index contributed by atoms with van der Waals surface area (Å²) in [6, 6.07) is -0.548. The van der Waals surface area contributed by atoms with Crippen LogP contribution in [0.25, 0.3) is 0 Å². The molecule has 0 radical (unpaired) electrons. The van der Waals surface area contributed by atoms with Crippen LogP contribution < -0.4 is 5.32 Å². The van der Waals surface area contributed by atoms with E-state index < -0.39 is 12.1 Å². The number of unbranched alkanes of at least 4 members (excludes halogenated alkanes) is 49. The minimum Gasteiger partial charge on any atom is -0.466 e. The van der Waals surface area contributed by atoms with Crippen LogP contribution in [0.15, 0.2) is 48.6 Å². The minimum absolute atomic E-state index is 0.00209. The Kier molecular flexibility index (Phi) is 68.4. The number of allylic oxidation sites excluding steroid dienone is 8. The molecule has 0 bridgehead atoms. The van der Waals surface area contributed by atoms with Gasteiger partial charge in [0, 0.05) is 12.8 Å². The van der Waals surface area contributed by atoms with Gasteiger partial charge in [0.05, 0.1) is 25.4 Å². The monoisotopic (exact) mass is 1140 g/mol. The molecule has 0 saturated carbocycles. The molecule has 0 aromatic rings. The first-order valence-electron chi connectivity index (χ1n) is 36.4. The van der Waals surface area contributed by atoms with Crippen molar-refractivity contribution in [1.82, 2.24) is 5.32 Å². The van der Waals surface area contributed by atoms with Gasteiger partial charge in [0.2, 0.25) is 5.91 Å². The third kappa shape index (κ3) is 66.8. The molecule has 476 valence electrons. The smallest absolute Gasteiger partial charge is 0.305 e. The second kappa shape index (κ2) is 70.3. The van der Waals surface area contributed by atoms with E-state index in [0.29, 0.717) is 25.9 Å². The molecule has 0 rings (SSSR count). The van der Waals surface area contributed by atoms with Crippen LogP contribution in [0.4, 0.5) is 0 Å². The molecule has 0 aliphatic heterocycles. The summed E-state index contributed by atoms with van der Waals surface area (Å²) in [5.41, 5.74) is 0. The van der Waals surface area contributed by atoms with E-state index in [1.165, 1.54) is 302 Å². The number of nitrogens with one attached hydrogen (secondary N) is 1. The van der Waals surface area contributed by atoms with Crippen LogP contribution in [0.1, 0.15) is 393 Å². The van der Waals surface area contributed by atoms with Gasteiger partial charge in [0.15, 0.2) is 0 Å². The zero-order chi connectivity index (χ0) is 58.5. The number of aliphatic hydroxyl groups is 2. The van der Waals surface area contributed by atoms with E-state index in [0.717, 1.165) is 57.8 Å². The molecule has 0 saturated heterocycles. The molecule has 0 fully saturated rings. The second-order valence-corrected chi connectivity index (χ2v) is 24.9. The van der Waals surface area contributed by atoms with Crippen molar-refractivity contribution in [1.29, 1.82) is 0 Å². The fourth-order valence-electron chi connectivity index (χ4n) is 11.3. The Morgan fingerprint density at radius 3 is 0.951 bits per heavy atom. The molecule has 2 unspecified atom stereocenters. The molecule has 3 N–H and O–H groups in total. The molecule has 0 aliphatic rings.